The first-order valence-corrected chi connectivity index (χ1v) is 14.0. The zero-order chi connectivity index (χ0) is 24.7. The fourth-order valence-electron chi connectivity index (χ4n) is 4.00. The lowest BCUT2D eigenvalue weighted by Crippen LogP contribution is -2.48. The Bertz CT molecular complexity index is 1060. The minimum Gasteiger partial charge on any atom is -0.454 e. The minimum absolute atomic E-state index is 0.0205. The second-order valence-electron chi connectivity index (χ2n) is 8.91. The van der Waals surface area contributed by atoms with E-state index >= 15 is 0 Å². The van der Waals surface area contributed by atoms with Crippen molar-refractivity contribution >= 4 is 27.1 Å². The lowest BCUT2D eigenvalue weighted by molar-refractivity contribution is -0.129. The maximum absolute atomic E-state index is 13.0. The zero-order valence-electron chi connectivity index (χ0n) is 20.8. The molecule has 0 N–H and O–H groups in total. The summed E-state index contributed by atoms with van der Waals surface area (Å²) in [5.74, 6) is 0.958. The van der Waals surface area contributed by atoms with Crippen LogP contribution in [0.25, 0.3) is 0 Å². The molecule has 34 heavy (non-hydrogen) atoms. The zero-order valence-corrected chi connectivity index (χ0v) is 21.6. The van der Waals surface area contributed by atoms with E-state index in [0.29, 0.717) is 24.6 Å². The van der Waals surface area contributed by atoms with E-state index in [9.17, 15) is 13.2 Å². The van der Waals surface area contributed by atoms with Crippen molar-refractivity contribution in [3.05, 3.63) is 42.5 Å². The topological polar surface area (TPSA) is 70.2 Å². The summed E-state index contributed by atoms with van der Waals surface area (Å²) < 4.78 is 32.3. The molecule has 0 aliphatic carbocycles. The van der Waals surface area contributed by atoms with Gasteiger partial charge in [0, 0.05) is 45.2 Å². The molecule has 1 saturated heterocycles. The molecule has 0 spiro atoms. The maximum atomic E-state index is 13.0. The van der Waals surface area contributed by atoms with Crippen LogP contribution in [0.5, 0.6) is 11.5 Å². The Morgan fingerprint density at radius 1 is 1.00 bits per heavy atom. The quantitative estimate of drug-likeness (QED) is 0.463. The molecule has 186 valence electrons. The number of hydrogen-bond acceptors (Lipinski definition) is 6. The minimum atomic E-state index is -3.61. The molecular weight excluding hydrogens is 450 g/mol. The highest BCUT2D eigenvalue weighted by molar-refractivity contribution is 7.90. The second kappa shape index (κ2) is 11.6. The molecule has 2 aromatic carbocycles. The highest BCUT2D eigenvalue weighted by Gasteiger charge is 2.28. The molecule has 0 aromatic heterocycles. The third-order valence-electron chi connectivity index (χ3n) is 6.11. The van der Waals surface area contributed by atoms with E-state index in [2.05, 4.69) is 18.7 Å². The van der Waals surface area contributed by atoms with Gasteiger partial charge in [-0.15, -0.1) is 0 Å². The summed E-state index contributed by atoms with van der Waals surface area (Å²) in [6.07, 6.45) is 5.25. The first-order valence-electron chi connectivity index (χ1n) is 12.1. The SMILES string of the molecule is CCCCN(CCCC)c1cc(N2CCN(C)C(=O)C2)cc(S(C)(=O)=O)c1Oc1ccccc1. The molecule has 1 aliphatic rings. The summed E-state index contributed by atoms with van der Waals surface area (Å²) in [5, 5.41) is 0. The van der Waals surface area contributed by atoms with Crippen LogP contribution in [0.3, 0.4) is 0 Å². The van der Waals surface area contributed by atoms with Crippen molar-refractivity contribution < 1.29 is 17.9 Å². The Morgan fingerprint density at radius 2 is 1.65 bits per heavy atom. The van der Waals surface area contributed by atoms with Crippen LogP contribution in [0.1, 0.15) is 39.5 Å². The van der Waals surface area contributed by atoms with E-state index in [1.54, 1.807) is 18.0 Å². The normalized spacial score (nSPS) is 14.4. The molecule has 1 fully saturated rings. The molecule has 0 radical (unpaired) electrons. The number of anilines is 2. The fraction of sp³-hybridized carbons (Fsp3) is 0.500. The lowest BCUT2D eigenvalue weighted by atomic mass is 10.1. The molecule has 8 heteroatoms. The van der Waals surface area contributed by atoms with E-state index in [1.807, 2.05) is 41.3 Å². The Morgan fingerprint density at radius 3 is 2.21 bits per heavy atom. The van der Waals surface area contributed by atoms with Crippen LogP contribution < -0.4 is 14.5 Å². The van der Waals surface area contributed by atoms with E-state index in [0.717, 1.165) is 50.1 Å². The molecule has 0 saturated carbocycles. The molecular formula is C26H37N3O4S. The van der Waals surface area contributed by atoms with E-state index in [4.69, 9.17) is 4.74 Å². The third-order valence-corrected chi connectivity index (χ3v) is 7.21. The van der Waals surface area contributed by atoms with Gasteiger partial charge in [0.1, 0.15) is 10.6 Å². The van der Waals surface area contributed by atoms with Crippen molar-refractivity contribution in [2.75, 3.05) is 55.8 Å². The number of carbonyl (C=O) groups excluding carboxylic acids is 1. The molecule has 1 aliphatic heterocycles. The number of likely N-dealkylation sites (N-methyl/N-ethyl adjacent to an activating group) is 1. The first kappa shape index (κ1) is 25.9. The number of ether oxygens (including phenoxy) is 1. The highest BCUT2D eigenvalue weighted by atomic mass is 32.2. The van der Waals surface area contributed by atoms with Gasteiger partial charge < -0.3 is 19.4 Å². The number of sulfone groups is 1. The van der Waals surface area contributed by atoms with Crippen LogP contribution in [0.15, 0.2) is 47.4 Å². The van der Waals surface area contributed by atoms with Crippen LogP contribution in [-0.4, -0.2) is 65.3 Å². The molecule has 3 rings (SSSR count). The number of amides is 1. The molecule has 7 nitrogen and oxygen atoms in total. The van der Waals surface area contributed by atoms with Crippen molar-refractivity contribution in [3.63, 3.8) is 0 Å². The average Bonchev–Trinajstić information content (AvgIpc) is 2.81. The van der Waals surface area contributed by atoms with Crippen molar-refractivity contribution in [2.24, 2.45) is 0 Å². The van der Waals surface area contributed by atoms with Gasteiger partial charge in [0.15, 0.2) is 15.6 Å². The fourth-order valence-corrected chi connectivity index (χ4v) is 4.82. The van der Waals surface area contributed by atoms with Gasteiger partial charge in [0.05, 0.1) is 12.2 Å². The largest absolute Gasteiger partial charge is 0.454 e. The third kappa shape index (κ3) is 6.44. The maximum Gasteiger partial charge on any atom is 0.241 e. The van der Waals surface area contributed by atoms with E-state index in [-0.39, 0.29) is 17.3 Å². The smallest absolute Gasteiger partial charge is 0.241 e. The molecule has 1 heterocycles. The number of carbonyl (C=O) groups is 1. The van der Waals surface area contributed by atoms with Gasteiger partial charge in [-0.2, -0.15) is 0 Å². The highest BCUT2D eigenvalue weighted by Crippen LogP contribution is 2.42. The van der Waals surface area contributed by atoms with E-state index in [1.165, 1.54) is 6.26 Å². The van der Waals surface area contributed by atoms with Gasteiger partial charge in [0.25, 0.3) is 0 Å². The molecule has 1 amide bonds. The molecule has 0 atom stereocenters. The number of benzene rings is 2. The summed E-state index contributed by atoms with van der Waals surface area (Å²) in [6, 6.07) is 12.9. The Labute approximate surface area is 204 Å². The standard InChI is InChI=1S/C26H37N3O4S/c1-5-7-14-28(15-8-6-2)23-18-21(29-17-16-27(3)25(30)20-29)19-24(34(4,31)32)26(23)33-22-12-10-9-11-13-22/h9-13,18-19H,5-8,14-17,20H2,1-4H3. The van der Waals surface area contributed by atoms with Gasteiger partial charge in [-0.3, -0.25) is 4.79 Å². The summed E-state index contributed by atoms with van der Waals surface area (Å²) in [7, 11) is -1.82. The van der Waals surface area contributed by atoms with E-state index < -0.39 is 9.84 Å². The van der Waals surface area contributed by atoms with Crippen LogP contribution in [0.4, 0.5) is 11.4 Å². The van der Waals surface area contributed by atoms with Crippen LogP contribution in [0, 0.1) is 0 Å². The number of para-hydroxylation sites is 1. The Balaban J connectivity index is 2.18. The number of unbranched alkanes of at least 4 members (excludes halogenated alkanes) is 2. The number of hydrogen-bond donors (Lipinski definition) is 0. The van der Waals surface area contributed by atoms with Crippen LogP contribution >= 0.6 is 0 Å². The summed E-state index contributed by atoms with van der Waals surface area (Å²) in [6.45, 7) is 7.36. The first-order chi connectivity index (χ1) is 16.2. The number of rotatable bonds is 11. The van der Waals surface area contributed by atoms with Gasteiger partial charge >= 0.3 is 0 Å². The predicted molar refractivity (Wildman–Crippen MR) is 138 cm³/mol. The summed E-state index contributed by atoms with van der Waals surface area (Å²) in [5.41, 5.74) is 1.49. The number of piperazine rings is 1. The van der Waals surface area contributed by atoms with Gasteiger partial charge in [-0.1, -0.05) is 44.9 Å². The van der Waals surface area contributed by atoms with Crippen molar-refractivity contribution in [3.8, 4) is 11.5 Å². The molecule has 0 bridgehead atoms. The van der Waals surface area contributed by atoms with Crippen molar-refractivity contribution in [1.29, 1.82) is 0 Å². The van der Waals surface area contributed by atoms with Crippen LogP contribution in [-0.2, 0) is 14.6 Å². The predicted octanol–water partition coefficient (Wildman–Crippen LogP) is 4.57. The summed E-state index contributed by atoms with van der Waals surface area (Å²) in [4.78, 5) is 18.5. The molecule has 2 aromatic rings. The Hall–Kier alpha value is -2.74. The Kier molecular flexibility index (Phi) is 8.83. The van der Waals surface area contributed by atoms with Gasteiger partial charge in [-0.25, -0.2) is 8.42 Å². The van der Waals surface area contributed by atoms with Crippen molar-refractivity contribution in [1.82, 2.24) is 4.90 Å². The lowest BCUT2D eigenvalue weighted by Gasteiger charge is -2.35. The second-order valence-corrected chi connectivity index (χ2v) is 10.9. The molecule has 0 unspecified atom stereocenters. The summed E-state index contributed by atoms with van der Waals surface area (Å²) >= 11 is 0. The van der Waals surface area contributed by atoms with Gasteiger partial charge in [-0.05, 0) is 37.1 Å². The average molecular weight is 488 g/mol. The van der Waals surface area contributed by atoms with Crippen LogP contribution in [0.2, 0.25) is 0 Å². The number of nitrogens with zero attached hydrogens (tertiary/aromatic N) is 3. The van der Waals surface area contributed by atoms with Crippen molar-refractivity contribution in [2.45, 2.75) is 44.4 Å². The van der Waals surface area contributed by atoms with Gasteiger partial charge in [0.2, 0.25) is 5.91 Å². The monoisotopic (exact) mass is 487 g/mol.